The fourth-order valence-electron chi connectivity index (χ4n) is 1.84. The smallest absolute Gasteiger partial charge is 0.335 e. The van der Waals surface area contributed by atoms with Crippen LogP contribution in [0.2, 0.25) is 0 Å². The number of esters is 1. The molecule has 0 unspecified atom stereocenters. The first-order valence-corrected chi connectivity index (χ1v) is 6.24. The Kier molecular flexibility index (Phi) is 4.74. The lowest BCUT2D eigenvalue weighted by Gasteiger charge is -2.11. The van der Waals surface area contributed by atoms with Crippen molar-refractivity contribution in [2.24, 2.45) is 0 Å². The number of carbonyl (C=O) groups is 1. The van der Waals surface area contributed by atoms with E-state index >= 15 is 0 Å². The second-order valence-electron chi connectivity index (χ2n) is 4.07. The maximum atomic E-state index is 11.3. The molecule has 0 aliphatic carbocycles. The fraction of sp³-hybridized carbons (Fsp3) is 0.188. The molecule has 0 saturated heterocycles. The molecule has 0 saturated carbocycles. The number of hydrogen-bond donors (Lipinski definition) is 0. The van der Waals surface area contributed by atoms with Crippen LogP contribution in [-0.2, 0) is 9.53 Å². The van der Waals surface area contributed by atoms with Crippen LogP contribution in [0.3, 0.4) is 0 Å². The minimum atomic E-state index is -0.483. The summed E-state index contributed by atoms with van der Waals surface area (Å²) in [5.74, 6) is 0.740. The minimum Gasteiger partial charge on any atom is -0.491 e. The Morgan fingerprint density at radius 2 is 1.75 bits per heavy atom. The standard InChI is InChI=1S/C16H16O4/c1-3-16(17)20-15-9-8-14(19-11-10-18-2)12-6-4-5-7-13(12)15/h3-9H,1,10-11H2,2H3. The van der Waals surface area contributed by atoms with Gasteiger partial charge in [-0.15, -0.1) is 0 Å². The number of fused-ring (bicyclic) bond motifs is 1. The first kappa shape index (κ1) is 14.1. The molecule has 0 radical (unpaired) electrons. The van der Waals surface area contributed by atoms with Crippen molar-refractivity contribution >= 4 is 16.7 Å². The Labute approximate surface area is 117 Å². The summed E-state index contributed by atoms with van der Waals surface area (Å²) >= 11 is 0. The van der Waals surface area contributed by atoms with E-state index in [0.29, 0.717) is 19.0 Å². The molecule has 2 rings (SSSR count). The van der Waals surface area contributed by atoms with E-state index in [-0.39, 0.29) is 0 Å². The molecule has 0 bridgehead atoms. The van der Waals surface area contributed by atoms with Gasteiger partial charge in [-0.25, -0.2) is 4.79 Å². The summed E-state index contributed by atoms with van der Waals surface area (Å²) in [6.07, 6.45) is 1.14. The molecular weight excluding hydrogens is 256 g/mol. The van der Waals surface area contributed by atoms with Gasteiger partial charge in [0.15, 0.2) is 0 Å². The molecule has 104 valence electrons. The van der Waals surface area contributed by atoms with E-state index in [2.05, 4.69) is 6.58 Å². The monoisotopic (exact) mass is 272 g/mol. The Hall–Kier alpha value is -2.33. The highest BCUT2D eigenvalue weighted by atomic mass is 16.5. The van der Waals surface area contributed by atoms with Crippen LogP contribution in [0.5, 0.6) is 11.5 Å². The van der Waals surface area contributed by atoms with Crippen LogP contribution in [-0.4, -0.2) is 26.3 Å². The zero-order valence-corrected chi connectivity index (χ0v) is 11.3. The van der Waals surface area contributed by atoms with Crippen LogP contribution in [0, 0.1) is 0 Å². The van der Waals surface area contributed by atoms with Gasteiger partial charge in [0.05, 0.1) is 6.61 Å². The number of carbonyl (C=O) groups excluding carboxylic acids is 1. The van der Waals surface area contributed by atoms with Gasteiger partial charge in [0, 0.05) is 24.0 Å². The lowest BCUT2D eigenvalue weighted by Crippen LogP contribution is -2.06. The zero-order valence-electron chi connectivity index (χ0n) is 11.3. The fourth-order valence-corrected chi connectivity index (χ4v) is 1.84. The predicted octanol–water partition coefficient (Wildman–Crippen LogP) is 2.96. The Morgan fingerprint density at radius 1 is 1.10 bits per heavy atom. The molecule has 4 heteroatoms. The topological polar surface area (TPSA) is 44.8 Å². The summed E-state index contributed by atoms with van der Waals surface area (Å²) in [7, 11) is 1.62. The van der Waals surface area contributed by atoms with E-state index in [0.717, 1.165) is 22.6 Å². The van der Waals surface area contributed by atoms with E-state index < -0.39 is 5.97 Å². The molecular formula is C16H16O4. The molecule has 0 spiro atoms. The van der Waals surface area contributed by atoms with Gasteiger partial charge in [0.2, 0.25) is 0 Å². The summed E-state index contributed by atoms with van der Waals surface area (Å²) in [5, 5.41) is 1.70. The van der Waals surface area contributed by atoms with Crippen LogP contribution in [0.4, 0.5) is 0 Å². The third kappa shape index (κ3) is 3.16. The average molecular weight is 272 g/mol. The molecule has 0 fully saturated rings. The number of benzene rings is 2. The second kappa shape index (κ2) is 6.73. The summed E-state index contributed by atoms with van der Waals surface area (Å²) < 4.78 is 15.8. The van der Waals surface area contributed by atoms with Crippen molar-refractivity contribution in [1.82, 2.24) is 0 Å². The molecule has 2 aromatic rings. The molecule has 0 amide bonds. The summed E-state index contributed by atoms with van der Waals surface area (Å²) in [6.45, 7) is 4.37. The lowest BCUT2D eigenvalue weighted by atomic mass is 10.1. The first-order valence-electron chi connectivity index (χ1n) is 6.24. The van der Waals surface area contributed by atoms with Crippen molar-refractivity contribution in [3.8, 4) is 11.5 Å². The first-order chi connectivity index (χ1) is 9.76. The highest BCUT2D eigenvalue weighted by molar-refractivity contribution is 5.95. The van der Waals surface area contributed by atoms with E-state index in [4.69, 9.17) is 14.2 Å². The van der Waals surface area contributed by atoms with Gasteiger partial charge in [-0.2, -0.15) is 0 Å². The summed E-state index contributed by atoms with van der Waals surface area (Å²) in [5.41, 5.74) is 0. The van der Waals surface area contributed by atoms with E-state index in [1.54, 1.807) is 19.2 Å². The van der Waals surface area contributed by atoms with Gasteiger partial charge in [-0.1, -0.05) is 30.8 Å². The molecule has 0 aliphatic heterocycles. The number of hydrogen-bond acceptors (Lipinski definition) is 4. The molecule has 20 heavy (non-hydrogen) atoms. The molecule has 4 nitrogen and oxygen atoms in total. The SMILES string of the molecule is C=CC(=O)Oc1ccc(OCCOC)c2ccccc12. The van der Waals surface area contributed by atoms with Gasteiger partial charge in [-0.05, 0) is 12.1 Å². The van der Waals surface area contributed by atoms with E-state index in [9.17, 15) is 4.79 Å². The maximum Gasteiger partial charge on any atom is 0.335 e. The van der Waals surface area contributed by atoms with Crippen molar-refractivity contribution in [2.45, 2.75) is 0 Å². The van der Waals surface area contributed by atoms with Crippen molar-refractivity contribution in [3.05, 3.63) is 49.1 Å². The van der Waals surface area contributed by atoms with Gasteiger partial charge < -0.3 is 14.2 Å². The predicted molar refractivity (Wildman–Crippen MR) is 77.2 cm³/mol. The Morgan fingerprint density at radius 3 is 2.40 bits per heavy atom. The van der Waals surface area contributed by atoms with Crippen molar-refractivity contribution in [1.29, 1.82) is 0 Å². The zero-order chi connectivity index (χ0) is 14.4. The van der Waals surface area contributed by atoms with Crippen LogP contribution in [0.15, 0.2) is 49.1 Å². The Balaban J connectivity index is 2.36. The molecule has 2 aromatic carbocycles. The van der Waals surface area contributed by atoms with Crippen molar-refractivity contribution < 1.29 is 19.0 Å². The van der Waals surface area contributed by atoms with Gasteiger partial charge in [-0.3, -0.25) is 0 Å². The molecule has 0 aromatic heterocycles. The van der Waals surface area contributed by atoms with E-state index in [1.807, 2.05) is 24.3 Å². The normalized spacial score (nSPS) is 10.2. The molecule has 0 heterocycles. The number of rotatable bonds is 6. The van der Waals surface area contributed by atoms with Crippen LogP contribution >= 0.6 is 0 Å². The van der Waals surface area contributed by atoms with Gasteiger partial charge in [0.25, 0.3) is 0 Å². The third-order valence-corrected chi connectivity index (χ3v) is 2.77. The highest BCUT2D eigenvalue weighted by Crippen LogP contribution is 2.33. The van der Waals surface area contributed by atoms with E-state index in [1.165, 1.54) is 0 Å². The lowest BCUT2D eigenvalue weighted by molar-refractivity contribution is -0.128. The molecule has 0 atom stereocenters. The van der Waals surface area contributed by atoms with Gasteiger partial charge in [0.1, 0.15) is 18.1 Å². The molecule has 0 N–H and O–H groups in total. The van der Waals surface area contributed by atoms with Crippen molar-refractivity contribution in [3.63, 3.8) is 0 Å². The van der Waals surface area contributed by atoms with Gasteiger partial charge >= 0.3 is 5.97 Å². The molecule has 0 aliphatic rings. The number of methoxy groups -OCH3 is 1. The summed E-state index contributed by atoms with van der Waals surface area (Å²) in [6, 6.07) is 11.1. The van der Waals surface area contributed by atoms with Crippen LogP contribution < -0.4 is 9.47 Å². The number of ether oxygens (including phenoxy) is 3. The average Bonchev–Trinajstić information content (AvgIpc) is 2.49. The van der Waals surface area contributed by atoms with Crippen LogP contribution in [0.1, 0.15) is 0 Å². The minimum absolute atomic E-state index is 0.465. The van der Waals surface area contributed by atoms with Crippen molar-refractivity contribution in [2.75, 3.05) is 20.3 Å². The van der Waals surface area contributed by atoms with Crippen LogP contribution in [0.25, 0.3) is 10.8 Å². The maximum absolute atomic E-state index is 11.3. The quantitative estimate of drug-likeness (QED) is 0.351. The highest BCUT2D eigenvalue weighted by Gasteiger charge is 2.09. The summed E-state index contributed by atoms with van der Waals surface area (Å²) in [4.78, 5) is 11.3. The second-order valence-corrected chi connectivity index (χ2v) is 4.07. The third-order valence-electron chi connectivity index (χ3n) is 2.77. The Bertz CT molecular complexity index is 619. The largest absolute Gasteiger partial charge is 0.491 e.